The Balaban J connectivity index is 1.58. The average molecular weight is 772 g/mol. The fraction of sp³-hybridized carbons (Fsp3) is 0.297. The van der Waals surface area contributed by atoms with Crippen LogP contribution in [-0.2, 0) is 32.6 Å². The molecular formula is C37H38BrCl2N3O4S. The molecule has 1 unspecified atom stereocenters. The summed E-state index contributed by atoms with van der Waals surface area (Å²) in [6, 6.07) is 26.9. The highest BCUT2D eigenvalue weighted by atomic mass is 79.9. The molecule has 4 aromatic rings. The second-order valence-corrected chi connectivity index (χ2v) is 15.8. The summed E-state index contributed by atoms with van der Waals surface area (Å²) in [4.78, 5) is 30.4. The molecule has 4 aromatic carbocycles. The van der Waals surface area contributed by atoms with E-state index in [1.807, 2.05) is 61.5 Å². The van der Waals surface area contributed by atoms with Crippen LogP contribution in [0.3, 0.4) is 0 Å². The zero-order chi connectivity index (χ0) is 34.3. The van der Waals surface area contributed by atoms with Gasteiger partial charge in [0.1, 0.15) is 12.6 Å². The second kappa shape index (κ2) is 16.4. The number of nitrogens with one attached hydrogen (secondary N) is 1. The summed E-state index contributed by atoms with van der Waals surface area (Å²) in [6.45, 7) is 1.35. The molecule has 7 nitrogen and oxygen atoms in total. The van der Waals surface area contributed by atoms with E-state index < -0.39 is 28.5 Å². The minimum Gasteiger partial charge on any atom is -0.352 e. The van der Waals surface area contributed by atoms with Crippen LogP contribution in [0.1, 0.15) is 48.8 Å². The molecule has 1 fully saturated rings. The third-order valence-electron chi connectivity index (χ3n) is 8.51. The van der Waals surface area contributed by atoms with Crippen LogP contribution < -0.4 is 9.62 Å². The van der Waals surface area contributed by atoms with Gasteiger partial charge in [0.2, 0.25) is 11.8 Å². The molecule has 0 aliphatic heterocycles. The van der Waals surface area contributed by atoms with Crippen LogP contribution in [0.2, 0.25) is 10.0 Å². The van der Waals surface area contributed by atoms with Gasteiger partial charge in [-0.15, -0.1) is 0 Å². The molecular weight excluding hydrogens is 733 g/mol. The number of hydrogen-bond donors (Lipinski definition) is 1. The molecule has 0 bridgehead atoms. The van der Waals surface area contributed by atoms with Crippen LogP contribution in [0.4, 0.5) is 5.69 Å². The third-order valence-corrected chi connectivity index (χ3v) is 11.3. The second-order valence-electron chi connectivity index (χ2n) is 12.1. The van der Waals surface area contributed by atoms with Crippen LogP contribution in [0.5, 0.6) is 0 Å². The number of benzene rings is 4. The normalized spacial score (nSPS) is 14.2. The Labute approximate surface area is 301 Å². The highest BCUT2D eigenvalue weighted by molar-refractivity contribution is 9.10. The fourth-order valence-electron chi connectivity index (χ4n) is 5.93. The molecule has 11 heteroatoms. The van der Waals surface area contributed by atoms with Crippen molar-refractivity contribution in [3.8, 4) is 0 Å². The van der Waals surface area contributed by atoms with Gasteiger partial charge in [0, 0.05) is 33.5 Å². The van der Waals surface area contributed by atoms with E-state index in [-0.39, 0.29) is 45.5 Å². The van der Waals surface area contributed by atoms with Crippen LogP contribution >= 0.6 is 39.1 Å². The molecule has 0 aromatic heterocycles. The Morgan fingerprint density at radius 3 is 2.10 bits per heavy atom. The maximum atomic E-state index is 14.7. The number of carbonyl (C=O) groups is 2. The number of carbonyl (C=O) groups excluding carboxylic acids is 2. The lowest BCUT2D eigenvalue weighted by molar-refractivity contribution is -0.140. The molecule has 252 valence electrons. The van der Waals surface area contributed by atoms with Crippen molar-refractivity contribution in [3.63, 3.8) is 0 Å². The Morgan fingerprint density at radius 2 is 1.48 bits per heavy atom. The molecule has 1 N–H and O–H groups in total. The van der Waals surface area contributed by atoms with Gasteiger partial charge in [0.25, 0.3) is 10.0 Å². The van der Waals surface area contributed by atoms with E-state index in [4.69, 9.17) is 23.2 Å². The van der Waals surface area contributed by atoms with E-state index in [0.29, 0.717) is 0 Å². The van der Waals surface area contributed by atoms with E-state index in [1.54, 1.807) is 12.1 Å². The quantitative estimate of drug-likeness (QED) is 0.157. The molecule has 1 atom stereocenters. The number of hydrogen-bond acceptors (Lipinski definition) is 4. The summed E-state index contributed by atoms with van der Waals surface area (Å²) in [6.07, 6.45) is 5.20. The van der Waals surface area contributed by atoms with E-state index >= 15 is 0 Å². The lowest BCUT2D eigenvalue weighted by Crippen LogP contribution is -2.55. The first kappa shape index (κ1) is 35.9. The Morgan fingerprint density at radius 1 is 0.854 bits per heavy atom. The lowest BCUT2D eigenvalue weighted by atomic mass is 9.94. The number of halogens is 3. The van der Waals surface area contributed by atoms with Crippen LogP contribution in [-0.4, -0.2) is 43.8 Å². The zero-order valence-electron chi connectivity index (χ0n) is 26.6. The number of nitrogens with zero attached hydrogens (tertiary/aromatic N) is 2. The van der Waals surface area contributed by atoms with Crippen molar-refractivity contribution >= 4 is 66.7 Å². The first-order chi connectivity index (χ1) is 23.0. The van der Waals surface area contributed by atoms with E-state index in [2.05, 4.69) is 21.2 Å². The molecule has 0 spiro atoms. The standard InChI is InChI=1S/C37H38BrCl2N3O4S/c1-26-12-18-34(19-13-26)48(46,47)43(33-22-30(39)21-31(40)23-33)25-36(44)42(24-28-14-16-29(38)17-15-28)35(20-27-8-4-2-5-9-27)37(45)41-32-10-6-3-7-11-32/h2,4-5,8-9,12-19,21-23,32,35H,3,6-7,10-11,20,24-25H2,1H3,(H,41,45). The van der Waals surface area contributed by atoms with Crippen molar-refractivity contribution < 1.29 is 18.0 Å². The van der Waals surface area contributed by atoms with Crippen LogP contribution in [0.15, 0.2) is 106 Å². The van der Waals surface area contributed by atoms with Gasteiger partial charge >= 0.3 is 0 Å². The van der Waals surface area contributed by atoms with E-state index in [0.717, 1.165) is 57.6 Å². The van der Waals surface area contributed by atoms with Gasteiger partial charge in [-0.25, -0.2) is 8.42 Å². The molecule has 48 heavy (non-hydrogen) atoms. The van der Waals surface area contributed by atoms with Crippen molar-refractivity contribution in [2.75, 3.05) is 10.8 Å². The van der Waals surface area contributed by atoms with Crippen molar-refractivity contribution in [3.05, 3.63) is 128 Å². The molecule has 0 radical (unpaired) electrons. The third kappa shape index (κ3) is 9.41. The topological polar surface area (TPSA) is 86.8 Å². The van der Waals surface area contributed by atoms with Crippen LogP contribution in [0, 0.1) is 6.92 Å². The molecule has 1 saturated carbocycles. The monoisotopic (exact) mass is 769 g/mol. The Hall–Kier alpha value is -3.37. The van der Waals surface area contributed by atoms with E-state index in [9.17, 15) is 18.0 Å². The summed E-state index contributed by atoms with van der Waals surface area (Å²) in [5.41, 5.74) is 2.68. The maximum Gasteiger partial charge on any atom is 0.264 e. The van der Waals surface area contributed by atoms with Gasteiger partial charge in [0.15, 0.2) is 0 Å². The lowest BCUT2D eigenvalue weighted by Gasteiger charge is -2.35. The largest absolute Gasteiger partial charge is 0.352 e. The first-order valence-corrected chi connectivity index (χ1v) is 18.9. The minimum absolute atomic E-state index is 0.00679. The number of amides is 2. The Kier molecular flexibility index (Phi) is 12.2. The number of anilines is 1. The van der Waals surface area contributed by atoms with E-state index in [1.165, 1.54) is 35.2 Å². The first-order valence-electron chi connectivity index (χ1n) is 15.9. The highest BCUT2D eigenvalue weighted by Gasteiger charge is 2.35. The van der Waals surface area contributed by atoms with Gasteiger partial charge in [-0.1, -0.05) is 119 Å². The molecule has 1 aliphatic rings. The fourth-order valence-corrected chi connectivity index (χ4v) is 8.11. The minimum atomic E-state index is -4.28. The maximum absolute atomic E-state index is 14.7. The number of sulfonamides is 1. The summed E-state index contributed by atoms with van der Waals surface area (Å²) < 4.78 is 30.4. The Bertz CT molecular complexity index is 1800. The van der Waals surface area contributed by atoms with Crippen molar-refractivity contribution in [1.29, 1.82) is 0 Å². The number of aryl methyl sites for hydroxylation is 1. The molecule has 0 saturated heterocycles. The highest BCUT2D eigenvalue weighted by Crippen LogP contribution is 2.31. The molecule has 0 heterocycles. The van der Waals surface area contributed by atoms with Gasteiger partial charge < -0.3 is 10.2 Å². The summed E-state index contributed by atoms with van der Waals surface area (Å²) >= 11 is 16.2. The number of rotatable bonds is 12. The molecule has 1 aliphatic carbocycles. The summed E-state index contributed by atoms with van der Waals surface area (Å²) in [7, 11) is -4.28. The molecule has 5 rings (SSSR count). The average Bonchev–Trinajstić information content (AvgIpc) is 3.06. The van der Waals surface area contributed by atoms with Crippen molar-refractivity contribution in [2.45, 2.75) is 69.0 Å². The van der Waals surface area contributed by atoms with Crippen LogP contribution in [0.25, 0.3) is 0 Å². The van der Waals surface area contributed by atoms with Crippen molar-refractivity contribution in [2.24, 2.45) is 0 Å². The zero-order valence-corrected chi connectivity index (χ0v) is 30.5. The van der Waals surface area contributed by atoms with Gasteiger partial charge in [-0.2, -0.15) is 0 Å². The summed E-state index contributed by atoms with van der Waals surface area (Å²) in [5.74, 6) is -0.820. The van der Waals surface area contributed by atoms with Gasteiger partial charge in [-0.3, -0.25) is 13.9 Å². The predicted molar refractivity (Wildman–Crippen MR) is 196 cm³/mol. The van der Waals surface area contributed by atoms with Gasteiger partial charge in [-0.05, 0) is 73.4 Å². The SMILES string of the molecule is Cc1ccc(S(=O)(=O)N(CC(=O)N(Cc2ccc(Br)cc2)C(Cc2ccccc2)C(=O)NC2CCCCC2)c2cc(Cl)cc(Cl)c2)cc1. The smallest absolute Gasteiger partial charge is 0.264 e. The van der Waals surface area contributed by atoms with Gasteiger partial charge in [0.05, 0.1) is 10.6 Å². The molecule has 2 amide bonds. The van der Waals surface area contributed by atoms with Crippen molar-refractivity contribution in [1.82, 2.24) is 10.2 Å². The summed E-state index contributed by atoms with van der Waals surface area (Å²) in [5, 5.41) is 3.66. The predicted octanol–water partition coefficient (Wildman–Crippen LogP) is 8.35.